The molecule has 2 unspecified atom stereocenters. The molecule has 0 aromatic heterocycles. The van der Waals surface area contributed by atoms with Crippen molar-refractivity contribution in [2.75, 3.05) is 0 Å². The molecule has 0 spiro atoms. The van der Waals surface area contributed by atoms with Gasteiger partial charge in [-0.1, -0.05) is 6.07 Å². The molecule has 24 heavy (non-hydrogen) atoms. The van der Waals surface area contributed by atoms with Crippen molar-refractivity contribution in [1.82, 2.24) is 0 Å². The van der Waals surface area contributed by atoms with Crippen molar-refractivity contribution in [3.05, 3.63) is 35.4 Å². The zero-order valence-corrected chi connectivity index (χ0v) is 13.4. The van der Waals surface area contributed by atoms with Crippen LogP contribution in [-0.2, 0) is 14.3 Å². The van der Waals surface area contributed by atoms with Crippen molar-refractivity contribution < 1.29 is 23.1 Å². The van der Waals surface area contributed by atoms with E-state index < -0.39 is 35.3 Å². The minimum absolute atomic E-state index is 0.0929. The summed E-state index contributed by atoms with van der Waals surface area (Å²) in [6, 6.07) is 3.18. The molecule has 2 atom stereocenters. The summed E-state index contributed by atoms with van der Waals surface area (Å²) in [5.74, 6) is -3.89. The molecule has 0 radical (unpaired) electrons. The third kappa shape index (κ3) is 3.37. The monoisotopic (exact) mass is 335 g/mol. The van der Waals surface area contributed by atoms with Crippen molar-refractivity contribution in [1.29, 1.82) is 0 Å². The Morgan fingerprint density at radius 1 is 1.25 bits per heavy atom. The van der Waals surface area contributed by atoms with E-state index in [2.05, 4.69) is 4.99 Å². The molecule has 1 amide bonds. The third-order valence-corrected chi connectivity index (χ3v) is 4.75. The van der Waals surface area contributed by atoms with Gasteiger partial charge in [-0.05, 0) is 44.2 Å². The number of carbonyl (C=O) groups excluding carboxylic acids is 2. The van der Waals surface area contributed by atoms with Crippen LogP contribution in [-0.4, -0.2) is 23.7 Å². The van der Waals surface area contributed by atoms with Crippen molar-refractivity contribution in [2.45, 2.75) is 51.0 Å². The van der Waals surface area contributed by atoms with Crippen LogP contribution in [0.25, 0.3) is 0 Å². The van der Waals surface area contributed by atoms with Gasteiger partial charge in [0.1, 0.15) is 23.7 Å². The van der Waals surface area contributed by atoms with Crippen LogP contribution >= 0.6 is 0 Å². The van der Waals surface area contributed by atoms with Crippen LogP contribution in [0.15, 0.2) is 23.2 Å². The van der Waals surface area contributed by atoms with E-state index in [0.717, 1.165) is 37.8 Å². The van der Waals surface area contributed by atoms with E-state index in [0.29, 0.717) is 5.71 Å². The van der Waals surface area contributed by atoms with E-state index in [-0.39, 0.29) is 18.1 Å². The highest BCUT2D eigenvalue weighted by Gasteiger charge is 2.40. The van der Waals surface area contributed by atoms with Crippen LogP contribution in [0, 0.1) is 17.6 Å². The topological polar surface area (TPSA) is 55.7 Å². The molecular weight excluding hydrogens is 316 g/mol. The Labute approximate surface area is 138 Å². The average molecular weight is 335 g/mol. The van der Waals surface area contributed by atoms with Crippen LogP contribution in [0.2, 0.25) is 0 Å². The minimum atomic E-state index is -0.816. The van der Waals surface area contributed by atoms with Gasteiger partial charge in [0.05, 0.1) is 0 Å². The van der Waals surface area contributed by atoms with Crippen molar-refractivity contribution >= 4 is 17.6 Å². The summed E-state index contributed by atoms with van der Waals surface area (Å²) in [6.45, 7) is 1.58. The Morgan fingerprint density at radius 2 is 1.96 bits per heavy atom. The first-order valence-electron chi connectivity index (χ1n) is 8.19. The Bertz CT molecular complexity index is 696. The maximum absolute atomic E-state index is 14.2. The maximum Gasteiger partial charge on any atom is 0.315 e. The highest BCUT2D eigenvalue weighted by Crippen LogP contribution is 2.36. The number of hydrogen-bond donors (Lipinski definition) is 0. The van der Waals surface area contributed by atoms with Crippen LogP contribution in [0.4, 0.5) is 8.78 Å². The number of ether oxygens (including phenoxy) is 1. The molecule has 128 valence electrons. The van der Waals surface area contributed by atoms with Gasteiger partial charge in [0.25, 0.3) is 0 Å². The molecule has 1 saturated carbocycles. The molecule has 1 aromatic carbocycles. The SMILES string of the molecule is CC1=NC(=O)CC(c2ccc(F)cc2F)C1C(=O)OC1CCCC1. The fraction of sp³-hybridized carbons (Fsp3) is 0.500. The van der Waals surface area contributed by atoms with Crippen LogP contribution in [0.5, 0.6) is 0 Å². The second kappa shape index (κ2) is 6.79. The lowest BCUT2D eigenvalue weighted by Gasteiger charge is -2.29. The fourth-order valence-corrected chi connectivity index (χ4v) is 3.58. The summed E-state index contributed by atoms with van der Waals surface area (Å²) in [5.41, 5.74) is 0.468. The summed E-state index contributed by atoms with van der Waals surface area (Å²) in [4.78, 5) is 28.3. The molecular formula is C18H19F2NO3. The minimum Gasteiger partial charge on any atom is -0.462 e. The van der Waals surface area contributed by atoms with Crippen molar-refractivity contribution in [3.8, 4) is 0 Å². The van der Waals surface area contributed by atoms with Gasteiger partial charge in [0.2, 0.25) is 5.91 Å². The lowest BCUT2D eigenvalue weighted by molar-refractivity contribution is -0.152. The van der Waals surface area contributed by atoms with E-state index in [4.69, 9.17) is 4.74 Å². The Balaban J connectivity index is 1.90. The van der Waals surface area contributed by atoms with Crippen molar-refractivity contribution in [2.24, 2.45) is 10.9 Å². The third-order valence-electron chi connectivity index (χ3n) is 4.75. The number of esters is 1. The largest absolute Gasteiger partial charge is 0.462 e. The van der Waals surface area contributed by atoms with Gasteiger partial charge in [-0.2, -0.15) is 0 Å². The average Bonchev–Trinajstić information content (AvgIpc) is 2.99. The molecule has 0 N–H and O–H groups in total. The molecule has 0 bridgehead atoms. The van der Waals surface area contributed by atoms with E-state index in [1.165, 1.54) is 6.07 Å². The van der Waals surface area contributed by atoms with Gasteiger partial charge in [-0.25, -0.2) is 13.8 Å². The first-order chi connectivity index (χ1) is 11.5. The first-order valence-corrected chi connectivity index (χ1v) is 8.19. The Kier molecular flexibility index (Phi) is 4.73. The van der Waals surface area contributed by atoms with Gasteiger partial charge in [-0.15, -0.1) is 0 Å². The molecule has 1 heterocycles. The molecule has 0 saturated heterocycles. The summed E-state index contributed by atoms with van der Waals surface area (Å²) in [7, 11) is 0. The maximum atomic E-state index is 14.2. The summed E-state index contributed by atoms with van der Waals surface area (Å²) < 4.78 is 32.9. The van der Waals surface area contributed by atoms with Crippen molar-refractivity contribution in [3.63, 3.8) is 0 Å². The molecule has 4 nitrogen and oxygen atoms in total. The number of nitrogens with zero attached hydrogens (tertiary/aromatic N) is 1. The molecule has 1 aromatic rings. The molecule has 3 rings (SSSR count). The van der Waals surface area contributed by atoms with Gasteiger partial charge in [0, 0.05) is 24.1 Å². The number of amides is 1. The number of hydrogen-bond acceptors (Lipinski definition) is 3. The molecule has 1 fully saturated rings. The Hall–Kier alpha value is -2.11. The lowest BCUT2D eigenvalue weighted by Crippen LogP contribution is -2.37. The van der Waals surface area contributed by atoms with Gasteiger partial charge >= 0.3 is 5.97 Å². The molecule has 1 aliphatic heterocycles. The van der Waals surface area contributed by atoms with E-state index >= 15 is 0 Å². The highest BCUT2D eigenvalue weighted by atomic mass is 19.1. The van der Waals surface area contributed by atoms with Crippen LogP contribution in [0.3, 0.4) is 0 Å². The first kappa shape index (κ1) is 16.7. The number of halogens is 2. The highest BCUT2D eigenvalue weighted by molar-refractivity contribution is 6.08. The predicted molar refractivity (Wildman–Crippen MR) is 83.7 cm³/mol. The summed E-state index contributed by atoms with van der Waals surface area (Å²) >= 11 is 0. The van der Waals surface area contributed by atoms with E-state index in [9.17, 15) is 18.4 Å². The molecule has 6 heteroatoms. The standard InChI is InChI=1S/C18H19F2NO3/c1-10-17(18(23)24-12-4-2-3-5-12)14(9-16(22)21-10)13-7-6-11(19)8-15(13)20/h6-8,12,14,17H,2-5,9H2,1H3. The second-order valence-corrected chi connectivity index (χ2v) is 6.44. The van der Waals surface area contributed by atoms with Gasteiger partial charge in [-0.3, -0.25) is 9.59 Å². The van der Waals surface area contributed by atoms with Gasteiger partial charge in [0.15, 0.2) is 0 Å². The number of benzene rings is 1. The smallest absolute Gasteiger partial charge is 0.315 e. The van der Waals surface area contributed by atoms with Crippen LogP contribution < -0.4 is 0 Å². The van der Waals surface area contributed by atoms with Gasteiger partial charge < -0.3 is 4.74 Å². The fourth-order valence-electron chi connectivity index (χ4n) is 3.58. The summed E-state index contributed by atoms with van der Waals surface area (Å²) in [5, 5.41) is 0. The number of aliphatic imine (C=N–C) groups is 1. The zero-order chi connectivity index (χ0) is 17.3. The zero-order valence-electron chi connectivity index (χ0n) is 13.4. The lowest BCUT2D eigenvalue weighted by atomic mass is 9.78. The molecule has 1 aliphatic carbocycles. The van der Waals surface area contributed by atoms with E-state index in [1.807, 2.05) is 0 Å². The van der Waals surface area contributed by atoms with Crippen LogP contribution in [0.1, 0.15) is 50.5 Å². The quantitative estimate of drug-likeness (QED) is 0.794. The van der Waals surface area contributed by atoms with E-state index in [1.54, 1.807) is 6.92 Å². The normalized spacial score (nSPS) is 24.8. The second-order valence-electron chi connectivity index (χ2n) is 6.44. The number of carbonyl (C=O) groups is 2. The Morgan fingerprint density at radius 3 is 2.62 bits per heavy atom. The summed E-state index contributed by atoms with van der Waals surface area (Å²) in [6.07, 6.45) is 3.46. The predicted octanol–water partition coefficient (Wildman–Crippen LogP) is 3.54. The number of rotatable bonds is 3. The molecule has 2 aliphatic rings.